The van der Waals surface area contributed by atoms with E-state index in [2.05, 4.69) is 10.3 Å². The zero-order valence-electron chi connectivity index (χ0n) is 12.2. The molecule has 0 saturated carbocycles. The number of esters is 1. The number of halogens is 1. The van der Waals surface area contributed by atoms with Crippen molar-refractivity contribution in [2.24, 2.45) is 5.73 Å². The van der Waals surface area contributed by atoms with Crippen LogP contribution in [0.5, 0.6) is 0 Å². The number of hydrogen-bond acceptors (Lipinski definition) is 7. The lowest BCUT2D eigenvalue weighted by atomic mass is 10.2. The highest BCUT2D eigenvalue weighted by Gasteiger charge is 2.30. The number of ether oxygens (including phenoxy) is 2. The van der Waals surface area contributed by atoms with Crippen molar-refractivity contribution in [3.63, 3.8) is 0 Å². The summed E-state index contributed by atoms with van der Waals surface area (Å²) in [5.74, 6) is -0.548. The third-order valence-electron chi connectivity index (χ3n) is 3.08. The van der Waals surface area contributed by atoms with Gasteiger partial charge in [0.15, 0.2) is 5.13 Å². The van der Waals surface area contributed by atoms with Gasteiger partial charge in [0.2, 0.25) is 0 Å². The smallest absolute Gasteiger partial charge is 0.311 e. The molecule has 1 saturated heterocycles. The average molecular weight is 350 g/mol. The van der Waals surface area contributed by atoms with Crippen molar-refractivity contribution in [1.29, 1.82) is 0 Å². The molecule has 2 atom stereocenters. The predicted molar refractivity (Wildman–Crippen MR) is 85.3 cm³/mol. The quantitative estimate of drug-likeness (QED) is 0.746. The molecule has 0 radical (unpaired) electrons. The fourth-order valence-corrected chi connectivity index (χ4v) is 2.78. The van der Waals surface area contributed by atoms with Gasteiger partial charge in [-0.15, -0.1) is 23.7 Å². The van der Waals surface area contributed by atoms with Gasteiger partial charge >= 0.3 is 5.97 Å². The van der Waals surface area contributed by atoms with Gasteiger partial charge in [-0.3, -0.25) is 14.9 Å². The van der Waals surface area contributed by atoms with Gasteiger partial charge in [0.1, 0.15) is 6.10 Å². The minimum Gasteiger partial charge on any atom is -0.466 e. The summed E-state index contributed by atoms with van der Waals surface area (Å²) in [6.07, 6.45) is 1.04. The first kappa shape index (κ1) is 18.8. The molecule has 7 nitrogen and oxygen atoms in total. The Bertz CT molecular complexity index is 511. The predicted octanol–water partition coefficient (Wildman–Crippen LogP) is 1.12. The van der Waals surface area contributed by atoms with Gasteiger partial charge in [-0.1, -0.05) is 0 Å². The summed E-state index contributed by atoms with van der Waals surface area (Å²) in [4.78, 5) is 27.5. The van der Waals surface area contributed by atoms with Crippen LogP contribution in [0, 0.1) is 0 Å². The van der Waals surface area contributed by atoms with Gasteiger partial charge in [0.25, 0.3) is 5.91 Å². The number of amides is 1. The van der Waals surface area contributed by atoms with E-state index < -0.39 is 6.10 Å². The Labute approximate surface area is 139 Å². The maximum Gasteiger partial charge on any atom is 0.311 e. The molecule has 0 aromatic carbocycles. The lowest BCUT2D eigenvalue weighted by Crippen LogP contribution is -2.29. The summed E-state index contributed by atoms with van der Waals surface area (Å²) in [5.41, 5.74) is 6.10. The molecule has 124 valence electrons. The number of nitrogens with one attached hydrogen (secondary N) is 1. The van der Waals surface area contributed by atoms with Crippen molar-refractivity contribution in [2.75, 3.05) is 18.5 Å². The van der Waals surface area contributed by atoms with E-state index in [1.807, 2.05) is 0 Å². The summed E-state index contributed by atoms with van der Waals surface area (Å²) in [5, 5.41) is 4.89. The number of nitrogens with zero attached hydrogens (tertiary/aromatic N) is 1. The summed E-state index contributed by atoms with van der Waals surface area (Å²) in [6.45, 7) is 2.51. The highest BCUT2D eigenvalue weighted by Crippen LogP contribution is 2.22. The van der Waals surface area contributed by atoms with Crippen molar-refractivity contribution >= 4 is 40.8 Å². The van der Waals surface area contributed by atoms with Crippen molar-refractivity contribution in [3.8, 4) is 0 Å². The molecule has 22 heavy (non-hydrogen) atoms. The maximum atomic E-state index is 12.0. The first-order valence-corrected chi connectivity index (χ1v) is 7.76. The Kier molecular flexibility index (Phi) is 7.74. The maximum absolute atomic E-state index is 12.0. The molecule has 2 rings (SSSR count). The third kappa shape index (κ3) is 5.20. The Morgan fingerprint density at radius 2 is 2.32 bits per heavy atom. The van der Waals surface area contributed by atoms with Crippen LogP contribution < -0.4 is 11.1 Å². The fourth-order valence-electron chi connectivity index (χ4n) is 2.06. The number of aromatic nitrogens is 1. The molecule has 2 heterocycles. The van der Waals surface area contributed by atoms with Gasteiger partial charge < -0.3 is 15.2 Å². The molecule has 1 amide bonds. The number of anilines is 1. The van der Waals surface area contributed by atoms with Crippen LogP contribution in [-0.2, 0) is 25.5 Å². The molecular formula is C13H20ClN3O4S. The molecule has 1 aromatic heterocycles. The minimum absolute atomic E-state index is 0. The van der Waals surface area contributed by atoms with Crippen molar-refractivity contribution < 1.29 is 19.1 Å². The number of thiazole rings is 1. The van der Waals surface area contributed by atoms with Crippen LogP contribution in [0.25, 0.3) is 0 Å². The van der Waals surface area contributed by atoms with Crippen molar-refractivity contribution in [1.82, 2.24) is 4.98 Å². The minimum atomic E-state index is -0.476. The second-order valence-electron chi connectivity index (χ2n) is 4.67. The molecular weight excluding hydrogens is 330 g/mol. The van der Waals surface area contributed by atoms with E-state index >= 15 is 0 Å². The molecule has 0 unspecified atom stereocenters. The third-order valence-corrected chi connectivity index (χ3v) is 3.88. The monoisotopic (exact) mass is 349 g/mol. The van der Waals surface area contributed by atoms with Crippen LogP contribution >= 0.6 is 23.7 Å². The standard InChI is InChI=1S/C13H19N3O4S.ClH/c1-2-19-11(17)5-8-7-21-13(15-8)16-12(18)10-4-3-9(6-14)20-10;/h7,9-10H,2-6,14H2,1H3,(H,15,16,18);1H/t9-,10+;/m1./s1. The zero-order valence-corrected chi connectivity index (χ0v) is 13.9. The van der Waals surface area contributed by atoms with Crippen LogP contribution in [0.15, 0.2) is 5.38 Å². The lowest BCUT2D eigenvalue weighted by Gasteiger charge is -2.11. The van der Waals surface area contributed by atoms with Crippen LogP contribution in [0.2, 0.25) is 0 Å². The fraction of sp³-hybridized carbons (Fsp3) is 0.615. The number of nitrogens with two attached hydrogens (primary N) is 1. The SMILES string of the molecule is CCOC(=O)Cc1csc(NC(=O)[C@@H]2CC[C@H](CN)O2)n1.Cl. The second kappa shape index (κ2) is 9.04. The van der Waals surface area contributed by atoms with Gasteiger partial charge in [-0.25, -0.2) is 4.98 Å². The van der Waals surface area contributed by atoms with E-state index in [1.165, 1.54) is 11.3 Å². The Morgan fingerprint density at radius 3 is 2.95 bits per heavy atom. The summed E-state index contributed by atoms with van der Waals surface area (Å²) < 4.78 is 10.4. The van der Waals surface area contributed by atoms with E-state index in [0.717, 1.165) is 6.42 Å². The van der Waals surface area contributed by atoms with Crippen LogP contribution in [0.3, 0.4) is 0 Å². The topological polar surface area (TPSA) is 104 Å². The van der Waals surface area contributed by atoms with E-state index in [9.17, 15) is 9.59 Å². The highest BCUT2D eigenvalue weighted by molar-refractivity contribution is 7.13. The Morgan fingerprint density at radius 1 is 1.55 bits per heavy atom. The molecule has 1 aliphatic rings. The van der Waals surface area contributed by atoms with E-state index in [0.29, 0.717) is 30.4 Å². The van der Waals surface area contributed by atoms with Gasteiger partial charge in [0.05, 0.1) is 24.8 Å². The number of carbonyl (C=O) groups is 2. The summed E-state index contributed by atoms with van der Waals surface area (Å²) in [6, 6.07) is 0. The summed E-state index contributed by atoms with van der Waals surface area (Å²) >= 11 is 1.27. The molecule has 0 spiro atoms. The zero-order chi connectivity index (χ0) is 15.2. The number of hydrogen-bond donors (Lipinski definition) is 2. The normalized spacial score (nSPS) is 20.3. The Hall–Kier alpha value is -1.22. The highest BCUT2D eigenvalue weighted by atomic mass is 35.5. The molecule has 3 N–H and O–H groups in total. The molecule has 0 aliphatic carbocycles. The van der Waals surface area contributed by atoms with Gasteiger partial charge in [-0.2, -0.15) is 0 Å². The molecule has 1 aromatic rings. The molecule has 1 fully saturated rings. The van der Waals surface area contributed by atoms with E-state index in [4.69, 9.17) is 15.2 Å². The second-order valence-corrected chi connectivity index (χ2v) is 5.53. The van der Waals surface area contributed by atoms with Gasteiger partial charge in [0, 0.05) is 11.9 Å². The van der Waals surface area contributed by atoms with Gasteiger partial charge in [-0.05, 0) is 19.8 Å². The first-order chi connectivity index (χ1) is 10.1. The van der Waals surface area contributed by atoms with Crippen LogP contribution in [0.1, 0.15) is 25.5 Å². The molecule has 0 bridgehead atoms. The lowest BCUT2D eigenvalue weighted by molar-refractivity contribution is -0.142. The number of carbonyl (C=O) groups excluding carboxylic acids is 2. The first-order valence-electron chi connectivity index (χ1n) is 6.88. The van der Waals surface area contributed by atoms with Crippen molar-refractivity contribution in [2.45, 2.75) is 38.4 Å². The van der Waals surface area contributed by atoms with Crippen molar-refractivity contribution in [3.05, 3.63) is 11.1 Å². The average Bonchev–Trinajstić information content (AvgIpc) is 3.08. The molecule has 9 heteroatoms. The van der Waals surface area contributed by atoms with Crippen LogP contribution in [0.4, 0.5) is 5.13 Å². The van der Waals surface area contributed by atoms with E-state index in [-0.39, 0.29) is 36.8 Å². The van der Waals surface area contributed by atoms with Crippen LogP contribution in [-0.4, -0.2) is 42.2 Å². The largest absolute Gasteiger partial charge is 0.466 e. The Balaban J connectivity index is 0.00000242. The van der Waals surface area contributed by atoms with E-state index in [1.54, 1.807) is 12.3 Å². The summed E-state index contributed by atoms with van der Waals surface area (Å²) in [7, 11) is 0. The number of rotatable bonds is 6. The molecule has 1 aliphatic heterocycles.